The predicted molar refractivity (Wildman–Crippen MR) is 111 cm³/mol. The Kier molecular flexibility index (Phi) is 5.38. The van der Waals surface area contributed by atoms with Gasteiger partial charge < -0.3 is 9.31 Å². The first-order valence-corrected chi connectivity index (χ1v) is 11.4. The number of hydrogen-bond acceptors (Lipinski definition) is 5. The van der Waals surface area contributed by atoms with E-state index >= 15 is 0 Å². The molecule has 27 heavy (non-hydrogen) atoms. The lowest BCUT2D eigenvalue weighted by molar-refractivity contribution is 0.00578. The molecule has 1 aliphatic rings. The molecule has 144 valence electrons. The van der Waals surface area contributed by atoms with Gasteiger partial charge in [-0.25, -0.2) is 8.42 Å². The van der Waals surface area contributed by atoms with Crippen molar-refractivity contribution >= 4 is 40.1 Å². The zero-order valence-corrected chi connectivity index (χ0v) is 17.8. The molecule has 5 nitrogen and oxygen atoms in total. The standard InChI is InChI=1S/C19H24BNO4S2/c1-18(2)19(3,4)25-20(24-18)16-13-14(21-27(5,22)23)11-12-17(16)26-15-9-7-6-8-10-15/h6-13,21H,1-5H3. The van der Waals surface area contributed by atoms with Crippen LogP contribution in [0.1, 0.15) is 27.7 Å². The molecule has 1 saturated heterocycles. The molecule has 2 aromatic carbocycles. The third kappa shape index (κ3) is 4.69. The summed E-state index contributed by atoms with van der Waals surface area (Å²) in [6.45, 7) is 7.98. The molecular weight excluding hydrogens is 381 g/mol. The summed E-state index contributed by atoms with van der Waals surface area (Å²) in [5, 5.41) is 0. The molecule has 0 aromatic heterocycles. The summed E-state index contributed by atoms with van der Waals surface area (Å²) in [4.78, 5) is 2.04. The van der Waals surface area contributed by atoms with Crippen LogP contribution in [0, 0.1) is 0 Å². The molecule has 1 N–H and O–H groups in total. The molecule has 0 aliphatic carbocycles. The molecule has 2 aromatic rings. The first kappa shape index (κ1) is 20.3. The van der Waals surface area contributed by atoms with Crippen LogP contribution in [0.2, 0.25) is 0 Å². The second-order valence-corrected chi connectivity index (χ2v) is 10.5. The minimum Gasteiger partial charge on any atom is -0.399 e. The highest BCUT2D eigenvalue weighted by Crippen LogP contribution is 2.38. The average molecular weight is 405 g/mol. The van der Waals surface area contributed by atoms with Gasteiger partial charge in [0.2, 0.25) is 10.0 Å². The van der Waals surface area contributed by atoms with Crippen LogP contribution in [0.3, 0.4) is 0 Å². The van der Waals surface area contributed by atoms with Gasteiger partial charge >= 0.3 is 7.12 Å². The molecule has 0 atom stereocenters. The van der Waals surface area contributed by atoms with Crippen LogP contribution in [0.15, 0.2) is 58.3 Å². The van der Waals surface area contributed by atoms with E-state index in [0.717, 1.165) is 21.5 Å². The van der Waals surface area contributed by atoms with Crippen molar-refractivity contribution in [1.82, 2.24) is 0 Å². The van der Waals surface area contributed by atoms with E-state index in [4.69, 9.17) is 9.31 Å². The van der Waals surface area contributed by atoms with Crippen LogP contribution in [-0.4, -0.2) is 33.0 Å². The van der Waals surface area contributed by atoms with E-state index < -0.39 is 28.3 Å². The molecule has 0 radical (unpaired) electrons. The lowest BCUT2D eigenvalue weighted by Gasteiger charge is -2.32. The highest BCUT2D eigenvalue weighted by Gasteiger charge is 2.52. The van der Waals surface area contributed by atoms with Gasteiger partial charge in [0, 0.05) is 15.5 Å². The van der Waals surface area contributed by atoms with Gasteiger partial charge in [-0.1, -0.05) is 30.0 Å². The van der Waals surface area contributed by atoms with Gasteiger partial charge in [-0.3, -0.25) is 4.72 Å². The number of sulfonamides is 1. The van der Waals surface area contributed by atoms with Gasteiger partial charge in [0.25, 0.3) is 0 Å². The first-order valence-electron chi connectivity index (χ1n) is 8.67. The first-order chi connectivity index (χ1) is 12.5. The quantitative estimate of drug-likeness (QED) is 0.772. The molecule has 0 unspecified atom stereocenters. The SMILES string of the molecule is CC1(C)OB(c2cc(NS(C)(=O)=O)ccc2Sc2ccccc2)OC1(C)C. The van der Waals surface area contributed by atoms with Gasteiger partial charge in [-0.2, -0.15) is 0 Å². The second-order valence-electron chi connectivity index (χ2n) is 7.63. The zero-order chi connectivity index (χ0) is 19.9. The fourth-order valence-electron chi connectivity index (χ4n) is 2.69. The minimum atomic E-state index is -3.37. The highest BCUT2D eigenvalue weighted by molar-refractivity contribution is 7.99. The molecule has 1 heterocycles. The van der Waals surface area contributed by atoms with E-state index in [1.807, 2.05) is 64.1 Å². The summed E-state index contributed by atoms with van der Waals surface area (Å²) in [7, 11) is -3.95. The van der Waals surface area contributed by atoms with E-state index in [0.29, 0.717) is 5.69 Å². The van der Waals surface area contributed by atoms with Crippen molar-refractivity contribution < 1.29 is 17.7 Å². The van der Waals surface area contributed by atoms with E-state index in [2.05, 4.69) is 4.72 Å². The van der Waals surface area contributed by atoms with Gasteiger partial charge in [0.05, 0.1) is 17.5 Å². The Balaban J connectivity index is 2.01. The third-order valence-electron chi connectivity index (χ3n) is 4.79. The van der Waals surface area contributed by atoms with Crippen LogP contribution >= 0.6 is 11.8 Å². The van der Waals surface area contributed by atoms with Crippen LogP contribution in [0.4, 0.5) is 5.69 Å². The summed E-state index contributed by atoms with van der Waals surface area (Å²) in [5.41, 5.74) is 0.329. The molecule has 3 rings (SSSR count). The Morgan fingerprint density at radius 1 is 0.963 bits per heavy atom. The Bertz CT molecular complexity index is 914. The normalized spacial score (nSPS) is 18.5. The lowest BCUT2D eigenvalue weighted by atomic mass is 9.79. The zero-order valence-electron chi connectivity index (χ0n) is 16.1. The maximum absolute atomic E-state index is 11.6. The summed E-state index contributed by atoms with van der Waals surface area (Å²) >= 11 is 1.59. The van der Waals surface area contributed by atoms with Gasteiger partial charge in [0.15, 0.2) is 0 Å². The van der Waals surface area contributed by atoms with Gasteiger partial charge in [-0.05, 0) is 63.5 Å². The van der Waals surface area contributed by atoms with Crippen molar-refractivity contribution in [2.45, 2.75) is 48.7 Å². The van der Waals surface area contributed by atoms with E-state index in [9.17, 15) is 8.42 Å². The van der Waals surface area contributed by atoms with E-state index in [1.54, 1.807) is 23.9 Å². The molecule has 1 fully saturated rings. The van der Waals surface area contributed by atoms with Gasteiger partial charge in [-0.15, -0.1) is 0 Å². The third-order valence-corrected chi connectivity index (χ3v) is 6.50. The Morgan fingerprint density at radius 3 is 2.11 bits per heavy atom. The molecule has 0 bridgehead atoms. The molecule has 0 saturated carbocycles. The molecule has 0 spiro atoms. The van der Waals surface area contributed by atoms with Crippen molar-refractivity contribution in [3.63, 3.8) is 0 Å². The highest BCUT2D eigenvalue weighted by atomic mass is 32.2. The van der Waals surface area contributed by atoms with Crippen molar-refractivity contribution in [2.24, 2.45) is 0 Å². The topological polar surface area (TPSA) is 64.6 Å². The van der Waals surface area contributed by atoms with E-state index in [1.165, 1.54) is 0 Å². The molecular formula is C19H24BNO4S2. The average Bonchev–Trinajstić information content (AvgIpc) is 2.76. The maximum atomic E-state index is 11.6. The van der Waals surface area contributed by atoms with Gasteiger partial charge in [0.1, 0.15) is 0 Å². The number of hydrogen-bond donors (Lipinski definition) is 1. The molecule has 0 amide bonds. The number of benzene rings is 2. The number of anilines is 1. The van der Waals surface area contributed by atoms with Crippen LogP contribution in [0.25, 0.3) is 0 Å². The second kappa shape index (κ2) is 7.16. The monoisotopic (exact) mass is 405 g/mol. The van der Waals surface area contributed by atoms with Crippen molar-refractivity contribution in [2.75, 3.05) is 11.0 Å². The minimum absolute atomic E-state index is 0.480. The fraction of sp³-hybridized carbons (Fsp3) is 0.368. The lowest BCUT2D eigenvalue weighted by Crippen LogP contribution is -2.41. The number of nitrogens with one attached hydrogen (secondary N) is 1. The Morgan fingerprint density at radius 2 is 1.56 bits per heavy atom. The summed E-state index contributed by atoms with van der Waals surface area (Å²) in [6, 6.07) is 15.4. The maximum Gasteiger partial charge on any atom is 0.496 e. The Labute approximate surface area is 166 Å². The molecule has 8 heteroatoms. The van der Waals surface area contributed by atoms with Crippen molar-refractivity contribution in [1.29, 1.82) is 0 Å². The van der Waals surface area contributed by atoms with Crippen molar-refractivity contribution in [3.8, 4) is 0 Å². The summed E-state index contributed by atoms with van der Waals surface area (Å²) < 4.78 is 38.2. The van der Waals surface area contributed by atoms with Crippen LogP contribution in [0.5, 0.6) is 0 Å². The van der Waals surface area contributed by atoms with E-state index in [-0.39, 0.29) is 0 Å². The van der Waals surface area contributed by atoms with Crippen LogP contribution in [-0.2, 0) is 19.3 Å². The molecule has 1 aliphatic heterocycles. The fourth-order valence-corrected chi connectivity index (χ4v) is 4.20. The smallest absolute Gasteiger partial charge is 0.399 e. The summed E-state index contributed by atoms with van der Waals surface area (Å²) in [5.74, 6) is 0. The largest absolute Gasteiger partial charge is 0.496 e. The van der Waals surface area contributed by atoms with Crippen molar-refractivity contribution in [3.05, 3.63) is 48.5 Å². The Hall–Kier alpha value is -1.48. The van der Waals surface area contributed by atoms with Crippen LogP contribution < -0.4 is 10.2 Å². The predicted octanol–water partition coefficient (Wildman–Crippen LogP) is 3.51. The number of rotatable bonds is 5. The summed E-state index contributed by atoms with van der Waals surface area (Å²) in [6.07, 6.45) is 1.13.